The van der Waals surface area contributed by atoms with Crippen LogP contribution in [0, 0.1) is 0 Å². The number of nitrogens with zero attached hydrogens (tertiary/aromatic N) is 4. The van der Waals surface area contributed by atoms with E-state index in [-0.39, 0.29) is 5.91 Å². The molecule has 7 nitrogen and oxygen atoms in total. The van der Waals surface area contributed by atoms with Crippen molar-refractivity contribution in [1.29, 1.82) is 0 Å². The van der Waals surface area contributed by atoms with E-state index >= 15 is 0 Å². The Bertz CT molecular complexity index is 1340. The highest BCUT2D eigenvalue weighted by molar-refractivity contribution is 6.30. The van der Waals surface area contributed by atoms with Crippen LogP contribution in [0.1, 0.15) is 37.0 Å². The van der Waals surface area contributed by atoms with Gasteiger partial charge in [-0.3, -0.25) is 4.79 Å². The molecule has 1 aliphatic heterocycles. The van der Waals surface area contributed by atoms with E-state index in [0.29, 0.717) is 28.3 Å². The second kappa shape index (κ2) is 10.1. The number of hydrogen-bond acceptors (Lipinski definition) is 5. The summed E-state index contributed by atoms with van der Waals surface area (Å²) in [4.78, 5) is 20.0. The molecule has 1 aliphatic rings. The summed E-state index contributed by atoms with van der Waals surface area (Å²) in [5.41, 5.74) is 4.74. The Kier molecular flexibility index (Phi) is 6.70. The predicted octanol–water partition coefficient (Wildman–Crippen LogP) is 5.27. The number of piperidine rings is 1. The second-order valence-electron chi connectivity index (χ2n) is 9.23. The van der Waals surface area contributed by atoms with Gasteiger partial charge in [0.1, 0.15) is 0 Å². The first-order valence-electron chi connectivity index (χ1n) is 12.0. The molecule has 0 bridgehead atoms. The SMILES string of the molecule is CC(C)NC1CCN(c2ccccc2NC(=O)c2cnc3c(-c4cccc(Cl)c4)cnn3c2)CC1. The van der Waals surface area contributed by atoms with E-state index in [9.17, 15) is 4.79 Å². The van der Waals surface area contributed by atoms with Crippen molar-refractivity contribution in [3.63, 3.8) is 0 Å². The van der Waals surface area contributed by atoms with E-state index in [1.54, 1.807) is 23.1 Å². The highest BCUT2D eigenvalue weighted by Crippen LogP contribution is 2.29. The van der Waals surface area contributed by atoms with Crippen molar-refractivity contribution in [2.75, 3.05) is 23.3 Å². The molecule has 0 saturated carbocycles. The molecule has 2 aromatic carbocycles. The van der Waals surface area contributed by atoms with Crippen molar-refractivity contribution in [3.05, 3.63) is 77.7 Å². The number of halogens is 1. The maximum atomic E-state index is 13.1. The Hall–Kier alpha value is -3.42. The van der Waals surface area contributed by atoms with Gasteiger partial charge in [0.2, 0.25) is 0 Å². The molecule has 2 N–H and O–H groups in total. The third-order valence-corrected chi connectivity index (χ3v) is 6.55. The summed E-state index contributed by atoms with van der Waals surface area (Å²) in [6.45, 7) is 6.27. The van der Waals surface area contributed by atoms with Crippen molar-refractivity contribution in [2.24, 2.45) is 0 Å². The van der Waals surface area contributed by atoms with Crippen molar-refractivity contribution in [3.8, 4) is 11.1 Å². The number of hydrogen-bond donors (Lipinski definition) is 2. The Morgan fingerprint density at radius 1 is 1.09 bits per heavy atom. The van der Waals surface area contributed by atoms with E-state index in [2.05, 4.69) is 45.5 Å². The average Bonchev–Trinajstić information content (AvgIpc) is 3.28. The number of amides is 1. The van der Waals surface area contributed by atoms with E-state index in [4.69, 9.17) is 11.6 Å². The Labute approximate surface area is 210 Å². The quantitative estimate of drug-likeness (QED) is 0.387. The first-order chi connectivity index (χ1) is 17.0. The van der Waals surface area contributed by atoms with Gasteiger partial charge in [-0.05, 0) is 42.7 Å². The normalized spacial score (nSPS) is 14.6. The molecule has 0 atom stereocenters. The summed E-state index contributed by atoms with van der Waals surface area (Å²) in [5, 5.41) is 11.8. The number of carbonyl (C=O) groups is 1. The van der Waals surface area contributed by atoms with Gasteiger partial charge in [-0.2, -0.15) is 5.10 Å². The first-order valence-corrected chi connectivity index (χ1v) is 12.4. The zero-order valence-electron chi connectivity index (χ0n) is 19.9. The van der Waals surface area contributed by atoms with Crippen LogP contribution in [-0.4, -0.2) is 45.7 Å². The van der Waals surface area contributed by atoms with Gasteiger partial charge in [0.05, 0.1) is 23.1 Å². The van der Waals surface area contributed by atoms with Gasteiger partial charge in [-0.15, -0.1) is 0 Å². The van der Waals surface area contributed by atoms with Crippen molar-refractivity contribution >= 4 is 34.5 Å². The molecular formula is C27H29ClN6O. The number of rotatable bonds is 6. The second-order valence-corrected chi connectivity index (χ2v) is 9.67. The molecule has 3 heterocycles. The zero-order chi connectivity index (χ0) is 24.4. The number of para-hydroxylation sites is 2. The van der Waals surface area contributed by atoms with Crippen LogP contribution in [0.2, 0.25) is 5.02 Å². The van der Waals surface area contributed by atoms with Crippen LogP contribution in [0.4, 0.5) is 11.4 Å². The number of nitrogens with one attached hydrogen (secondary N) is 2. The summed E-state index contributed by atoms with van der Waals surface area (Å²) >= 11 is 6.15. The van der Waals surface area contributed by atoms with Gasteiger partial charge in [-0.1, -0.05) is 49.7 Å². The topological polar surface area (TPSA) is 74.6 Å². The maximum absolute atomic E-state index is 13.1. The highest BCUT2D eigenvalue weighted by atomic mass is 35.5. The van der Waals surface area contributed by atoms with Crippen LogP contribution in [0.5, 0.6) is 0 Å². The van der Waals surface area contributed by atoms with Gasteiger partial charge >= 0.3 is 0 Å². The van der Waals surface area contributed by atoms with E-state index in [0.717, 1.165) is 48.4 Å². The summed E-state index contributed by atoms with van der Waals surface area (Å²) in [6, 6.07) is 16.6. The van der Waals surface area contributed by atoms with Crippen LogP contribution < -0.4 is 15.5 Å². The number of benzene rings is 2. The Morgan fingerprint density at radius 3 is 2.66 bits per heavy atom. The molecule has 8 heteroatoms. The molecule has 5 rings (SSSR count). The molecule has 1 fully saturated rings. The lowest BCUT2D eigenvalue weighted by Crippen LogP contribution is -2.45. The van der Waals surface area contributed by atoms with Crippen LogP contribution in [0.15, 0.2) is 67.1 Å². The number of fused-ring (bicyclic) bond motifs is 1. The molecule has 1 amide bonds. The summed E-state index contributed by atoms with van der Waals surface area (Å²) < 4.78 is 1.63. The predicted molar refractivity (Wildman–Crippen MR) is 141 cm³/mol. The Morgan fingerprint density at radius 2 is 1.89 bits per heavy atom. The van der Waals surface area contributed by atoms with Crippen LogP contribution in [0.25, 0.3) is 16.8 Å². The summed E-state index contributed by atoms with van der Waals surface area (Å²) in [6.07, 6.45) is 7.19. The Balaban J connectivity index is 1.33. The molecule has 0 aliphatic carbocycles. The fraction of sp³-hybridized carbons (Fsp3) is 0.296. The van der Waals surface area contributed by atoms with Crippen molar-refractivity contribution in [1.82, 2.24) is 19.9 Å². The van der Waals surface area contributed by atoms with Crippen molar-refractivity contribution < 1.29 is 4.79 Å². The van der Waals surface area contributed by atoms with Gasteiger partial charge in [0.15, 0.2) is 5.65 Å². The highest BCUT2D eigenvalue weighted by Gasteiger charge is 2.22. The van der Waals surface area contributed by atoms with Gasteiger partial charge in [0, 0.05) is 48.2 Å². The monoisotopic (exact) mass is 488 g/mol. The molecule has 35 heavy (non-hydrogen) atoms. The van der Waals surface area contributed by atoms with Gasteiger partial charge in [-0.25, -0.2) is 9.50 Å². The number of carbonyl (C=O) groups excluding carboxylic acids is 1. The van der Waals surface area contributed by atoms with Gasteiger partial charge in [0.25, 0.3) is 5.91 Å². The lowest BCUT2D eigenvalue weighted by molar-refractivity contribution is 0.102. The summed E-state index contributed by atoms with van der Waals surface area (Å²) in [7, 11) is 0. The van der Waals surface area contributed by atoms with Gasteiger partial charge < -0.3 is 15.5 Å². The van der Waals surface area contributed by atoms with Crippen molar-refractivity contribution in [2.45, 2.75) is 38.8 Å². The van der Waals surface area contributed by atoms with Crippen LogP contribution >= 0.6 is 11.6 Å². The molecule has 1 saturated heterocycles. The number of anilines is 2. The molecule has 2 aromatic heterocycles. The number of aromatic nitrogens is 3. The largest absolute Gasteiger partial charge is 0.370 e. The van der Waals surface area contributed by atoms with E-state index in [1.807, 2.05) is 42.5 Å². The lowest BCUT2D eigenvalue weighted by atomic mass is 10.0. The summed E-state index contributed by atoms with van der Waals surface area (Å²) in [5.74, 6) is -0.219. The maximum Gasteiger partial charge on any atom is 0.258 e. The first kappa shape index (κ1) is 23.3. The zero-order valence-corrected chi connectivity index (χ0v) is 20.7. The van der Waals surface area contributed by atoms with E-state index < -0.39 is 0 Å². The fourth-order valence-electron chi connectivity index (χ4n) is 4.66. The standard InChI is InChI=1S/C27H29ClN6O/c1-18(2)31-22-10-12-33(13-11-22)25-9-4-3-8-24(25)32-27(35)20-15-29-26-23(16-30-34(26)17-20)19-6-5-7-21(28)14-19/h3-9,14-18,22,31H,10-13H2,1-2H3,(H,32,35). The fourth-order valence-corrected chi connectivity index (χ4v) is 4.85. The third kappa shape index (κ3) is 5.16. The molecule has 0 spiro atoms. The average molecular weight is 489 g/mol. The van der Waals surface area contributed by atoms with Crippen LogP contribution in [-0.2, 0) is 0 Å². The molecule has 4 aromatic rings. The third-order valence-electron chi connectivity index (χ3n) is 6.31. The molecule has 180 valence electrons. The molecule has 0 unspecified atom stereocenters. The molecule has 0 radical (unpaired) electrons. The smallest absolute Gasteiger partial charge is 0.258 e. The minimum absolute atomic E-state index is 0.219. The minimum atomic E-state index is -0.219. The van der Waals surface area contributed by atoms with E-state index in [1.165, 1.54) is 0 Å². The van der Waals surface area contributed by atoms with Crippen LogP contribution in [0.3, 0.4) is 0 Å². The minimum Gasteiger partial charge on any atom is -0.370 e. The lowest BCUT2D eigenvalue weighted by Gasteiger charge is -2.35. The molecular weight excluding hydrogens is 460 g/mol.